The van der Waals surface area contributed by atoms with Gasteiger partial charge < -0.3 is 5.32 Å². The predicted octanol–water partition coefficient (Wildman–Crippen LogP) is 4.74. The highest BCUT2D eigenvalue weighted by Gasteiger charge is 2.09. The Hall–Kier alpha value is -1.49. The zero-order valence-electron chi connectivity index (χ0n) is 9.76. The molecule has 0 aliphatic carbocycles. The van der Waals surface area contributed by atoms with E-state index in [1.807, 2.05) is 48.5 Å². The summed E-state index contributed by atoms with van der Waals surface area (Å²) >= 11 is 13.0. The monoisotopic (exact) mass is 304 g/mol. The highest BCUT2D eigenvalue weighted by molar-refractivity contribution is 7.81. The van der Waals surface area contributed by atoms with Gasteiger partial charge >= 0.3 is 0 Å². The minimum atomic E-state index is 0.592. The topological polar surface area (TPSA) is 24.9 Å². The van der Waals surface area contributed by atoms with Gasteiger partial charge in [0.1, 0.15) is 4.99 Å². The lowest BCUT2D eigenvalue weighted by Gasteiger charge is -2.06. The van der Waals surface area contributed by atoms with Crippen molar-refractivity contribution in [2.45, 2.75) is 0 Å². The molecule has 3 rings (SSSR count). The third-order valence-corrected chi connectivity index (χ3v) is 4.42. The minimum absolute atomic E-state index is 0.592. The zero-order valence-corrected chi connectivity index (χ0v) is 12.1. The van der Waals surface area contributed by atoms with Crippen LogP contribution in [0.1, 0.15) is 5.01 Å². The zero-order chi connectivity index (χ0) is 13.2. The summed E-state index contributed by atoms with van der Waals surface area (Å²) < 4.78 is 1.13. The molecule has 0 aliphatic rings. The first-order chi connectivity index (χ1) is 9.24. The van der Waals surface area contributed by atoms with E-state index in [1.165, 1.54) is 0 Å². The second kappa shape index (κ2) is 5.25. The number of benzene rings is 2. The number of para-hydroxylation sites is 2. The molecule has 2 nitrogen and oxygen atoms in total. The summed E-state index contributed by atoms with van der Waals surface area (Å²) in [4.78, 5) is 5.10. The summed E-state index contributed by atoms with van der Waals surface area (Å²) in [7, 11) is 0. The molecule has 0 aliphatic heterocycles. The lowest BCUT2D eigenvalue weighted by atomic mass is 10.3. The van der Waals surface area contributed by atoms with Gasteiger partial charge in [-0.3, -0.25) is 0 Å². The van der Waals surface area contributed by atoms with Crippen molar-refractivity contribution in [2.24, 2.45) is 0 Å². The number of nitrogens with one attached hydrogen (secondary N) is 1. The van der Waals surface area contributed by atoms with E-state index in [1.54, 1.807) is 11.3 Å². The molecule has 0 spiro atoms. The van der Waals surface area contributed by atoms with Crippen LogP contribution >= 0.6 is 35.2 Å². The van der Waals surface area contributed by atoms with Crippen molar-refractivity contribution in [3.05, 3.63) is 58.6 Å². The summed E-state index contributed by atoms with van der Waals surface area (Å²) in [6.45, 7) is 0. The van der Waals surface area contributed by atoms with Crippen LogP contribution in [-0.4, -0.2) is 9.97 Å². The molecule has 0 bridgehead atoms. The van der Waals surface area contributed by atoms with Crippen LogP contribution < -0.4 is 5.32 Å². The first-order valence-corrected chi connectivity index (χ1v) is 7.26. The summed E-state index contributed by atoms with van der Waals surface area (Å²) in [5.74, 6) is 0. The molecule has 0 saturated heterocycles. The second-order valence-electron chi connectivity index (χ2n) is 3.92. The van der Waals surface area contributed by atoms with Crippen molar-refractivity contribution in [1.82, 2.24) is 4.98 Å². The van der Waals surface area contributed by atoms with Crippen LogP contribution in [0.15, 0.2) is 48.5 Å². The maximum absolute atomic E-state index is 6.10. The highest BCUT2D eigenvalue weighted by atomic mass is 35.5. The minimum Gasteiger partial charge on any atom is -0.343 e. The molecule has 1 aromatic heterocycles. The Bertz CT molecular complexity index is 719. The van der Waals surface area contributed by atoms with Crippen LogP contribution in [0.4, 0.5) is 5.69 Å². The smallest absolute Gasteiger partial charge is 0.152 e. The number of hydrogen-bond acceptors (Lipinski definition) is 3. The van der Waals surface area contributed by atoms with Crippen molar-refractivity contribution < 1.29 is 0 Å². The first kappa shape index (κ1) is 12.5. The Balaban J connectivity index is 1.90. The third-order valence-electron chi connectivity index (χ3n) is 2.61. The second-order valence-corrected chi connectivity index (χ2v) is 5.77. The highest BCUT2D eigenvalue weighted by Crippen LogP contribution is 2.25. The van der Waals surface area contributed by atoms with Gasteiger partial charge in [-0.05, 0) is 24.3 Å². The lowest BCUT2D eigenvalue weighted by Crippen LogP contribution is -2.10. The number of thiazole rings is 1. The number of thiocarbonyl (C=S) groups is 1. The van der Waals surface area contributed by atoms with E-state index >= 15 is 0 Å². The van der Waals surface area contributed by atoms with Gasteiger partial charge in [-0.15, -0.1) is 11.3 Å². The molecule has 1 N–H and O–H groups in total. The molecule has 0 atom stereocenters. The van der Waals surface area contributed by atoms with Crippen LogP contribution in [-0.2, 0) is 0 Å². The maximum atomic E-state index is 6.10. The van der Waals surface area contributed by atoms with E-state index < -0.39 is 0 Å². The Morgan fingerprint density at radius 3 is 2.63 bits per heavy atom. The fraction of sp³-hybridized carbons (Fsp3) is 0. The van der Waals surface area contributed by atoms with E-state index in [2.05, 4.69) is 10.3 Å². The first-order valence-electron chi connectivity index (χ1n) is 5.65. The van der Waals surface area contributed by atoms with Crippen LogP contribution in [0.5, 0.6) is 0 Å². The van der Waals surface area contributed by atoms with Crippen LogP contribution in [0, 0.1) is 0 Å². The summed E-state index contributed by atoms with van der Waals surface area (Å²) in [6, 6.07) is 15.5. The van der Waals surface area contributed by atoms with E-state index in [9.17, 15) is 0 Å². The van der Waals surface area contributed by atoms with Crippen molar-refractivity contribution >= 4 is 56.0 Å². The predicted molar refractivity (Wildman–Crippen MR) is 86.4 cm³/mol. The van der Waals surface area contributed by atoms with E-state index in [0.717, 1.165) is 20.9 Å². The van der Waals surface area contributed by atoms with Crippen LogP contribution in [0.2, 0.25) is 5.02 Å². The molecule has 0 radical (unpaired) electrons. The van der Waals surface area contributed by atoms with Gasteiger partial charge in [0.2, 0.25) is 0 Å². The van der Waals surface area contributed by atoms with E-state index in [4.69, 9.17) is 23.8 Å². The molecule has 0 saturated carbocycles. The average molecular weight is 305 g/mol. The van der Waals surface area contributed by atoms with Crippen LogP contribution in [0.25, 0.3) is 10.2 Å². The molecule has 19 heavy (non-hydrogen) atoms. The molecule has 94 valence electrons. The maximum Gasteiger partial charge on any atom is 0.152 e. The number of halogens is 1. The summed E-state index contributed by atoms with van der Waals surface area (Å²) in [6.07, 6.45) is 0. The normalized spacial score (nSPS) is 10.6. The summed E-state index contributed by atoms with van der Waals surface area (Å²) in [5, 5.41) is 4.58. The van der Waals surface area contributed by atoms with Crippen LogP contribution in [0.3, 0.4) is 0 Å². The number of nitrogens with zero attached hydrogens (tertiary/aromatic N) is 1. The van der Waals surface area contributed by atoms with E-state index in [0.29, 0.717) is 10.0 Å². The number of hydrogen-bond donors (Lipinski definition) is 1. The quantitative estimate of drug-likeness (QED) is 0.692. The van der Waals surface area contributed by atoms with Crippen molar-refractivity contribution in [3.8, 4) is 0 Å². The Morgan fingerprint density at radius 2 is 1.84 bits per heavy atom. The lowest BCUT2D eigenvalue weighted by molar-refractivity contribution is 1.46. The van der Waals surface area contributed by atoms with Crippen molar-refractivity contribution in [3.63, 3.8) is 0 Å². The van der Waals surface area contributed by atoms with Gasteiger partial charge in [-0.1, -0.05) is 48.1 Å². The molecule has 0 unspecified atom stereocenters. The Labute approximate surface area is 125 Å². The molecular formula is C14H9ClN2S2. The molecular weight excluding hydrogens is 296 g/mol. The largest absolute Gasteiger partial charge is 0.343 e. The average Bonchev–Trinajstić information content (AvgIpc) is 2.85. The fourth-order valence-corrected chi connectivity index (χ4v) is 3.03. The third kappa shape index (κ3) is 2.61. The van der Waals surface area contributed by atoms with Gasteiger partial charge in [-0.25, -0.2) is 4.98 Å². The Kier molecular flexibility index (Phi) is 3.46. The molecule has 1 heterocycles. The number of rotatable bonds is 2. The number of anilines is 1. The molecule has 0 fully saturated rings. The number of aromatic nitrogens is 1. The molecule has 5 heteroatoms. The number of fused-ring (bicyclic) bond motifs is 1. The van der Waals surface area contributed by atoms with Gasteiger partial charge in [0, 0.05) is 0 Å². The van der Waals surface area contributed by atoms with Crippen molar-refractivity contribution in [2.75, 3.05) is 5.32 Å². The van der Waals surface area contributed by atoms with Gasteiger partial charge in [0.05, 0.1) is 20.9 Å². The van der Waals surface area contributed by atoms with Gasteiger partial charge in [0.15, 0.2) is 5.01 Å². The van der Waals surface area contributed by atoms with Gasteiger partial charge in [-0.2, -0.15) is 0 Å². The molecule has 2 aromatic carbocycles. The fourth-order valence-electron chi connectivity index (χ4n) is 1.71. The van der Waals surface area contributed by atoms with Gasteiger partial charge in [0.25, 0.3) is 0 Å². The standard InChI is InChI=1S/C14H9ClN2S2/c15-9-5-1-2-6-10(9)16-13(18)14-17-11-7-3-4-8-12(11)19-14/h1-8H,(H,16,18). The molecule has 3 aromatic rings. The Morgan fingerprint density at radius 1 is 1.11 bits per heavy atom. The van der Waals surface area contributed by atoms with E-state index in [-0.39, 0.29) is 0 Å². The SMILES string of the molecule is S=C(Nc1ccccc1Cl)c1nc2ccccc2s1. The van der Waals surface area contributed by atoms with Crippen molar-refractivity contribution in [1.29, 1.82) is 0 Å². The molecule has 0 amide bonds. The summed E-state index contributed by atoms with van der Waals surface area (Å²) in [5.41, 5.74) is 1.76.